The predicted octanol–water partition coefficient (Wildman–Crippen LogP) is 3.16. The summed E-state index contributed by atoms with van der Waals surface area (Å²) < 4.78 is 5.64. The second-order valence-corrected chi connectivity index (χ2v) is 5.13. The quantitative estimate of drug-likeness (QED) is 0.841. The second kappa shape index (κ2) is 6.64. The van der Waals surface area contributed by atoms with Gasteiger partial charge in [-0.2, -0.15) is 0 Å². The van der Waals surface area contributed by atoms with E-state index in [0.29, 0.717) is 12.1 Å². The molecule has 0 spiro atoms. The van der Waals surface area contributed by atoms with Crippen LogP contribution in [0.4, 0.5) is 5.69 Å². The van der Waals surface area contributed by atoms with Crippen LogP contribution < -0.4 is 15.8 Å². The first kappa shape index (κ1) is 13.2. The Bertz CT molecular complexity index is 359. The van der Waals surface area contributed by atoms with Crippen LogP contribution in [0.25, 0.3) is 0 Å². The van der Waals surface area contributed by atoms with Crippen LogP contribution in [0.1, 0.15) is 39.0 Å². The Labute approximate surface area is 110 Å². The topological polar surface area (TPSA) is 47.3 Å². The van der Waals surface area contributed by atoms with Gasteiger partial charge >= 0.3 is 0 Å². The Kier molecular flexibility index (Phi) is 4.88. The molecule has 1 aliphatic rings. The largest absolute Gasteiger partial charge is 0.494 e. The van der Waals surface area contributed by atoms with E-state index in [2.05, 4.69) is 24.4 Å². The summed E-state index contributed by atoms with van der Waals surface area (Å²) in [4.78, 5) is 0. The lowest BCUT2D eigenvalue weighted by Crippen LogP contribution is -2.32. The van der Waals surface area contributed by atoms with E-state index in [1.807, 2.05) is 12.1 Å². The van der Waals surface area contributed by atoms with Gasteiger partial charge in [0, 0.05) is 23.8 Å². The van der Waals surface area contributed by atoms with E-state index >= 15 is 0 Å². The number of anilines is 1. The fourth-order valence-electron chi connectivity index (χ4n) is 2.39. The van der Waals surface area contributed by atoms with Gasteiger partial charge in [0.25, 0.3) is 0 Å². The molecule has 2 rings (SSSR count). The Hall–Kier alpha value is -1.22. The third kappa shape index (κ3) is 3.91. The van der Waals surface area contributed by atoms with Crippen molar-refractivity contribution in [1.82, 2.24) is 0 Å². The SMILES string of the molecule is CCCOc1cccc(NC2CCC(N)CC2)c1. The van der Waals surface area contributed by atoms with Gasteiger partial charge in [-0.1, -0.05) is 13.0 Å². The van der Waals surface area contributed by atoms with Crippen molar-refractivity contribution in [3.63, 3.8) is 0 Å². The molecule has 1 aromatic carbocycles. The van der Waals surface area contributed by atoms with E-state index in [9.17, 15) is 0 Å². The van der Waals surface area contributed by atoms with Gasteiger partial charge in [0.2, 0.25) is 0 Å². The van der Waals surface area contributed by atoms with Gasteiger partial charge < -0.3 is 15.8 Å². The van der Waals surface area contributed by atoms with Crippen LogP contribution in [-0.2, 0) is 0 Å². The van der Waals surface area contributed by atoms with E-state index in [-0.39, 0.29) is 0 Å². The molecule has 0 aromatic heterocycles. The number of nitrogens with one attached hydrogen (secondary N) is 1. The number of rotatable bonds is 5. The van der Waals surface area contributed by atoms with E-state index in [0.717, 1.165) is 37.3 Å². The predicted molar refractivity (Wildman–Crippen MR) is 76.1 cm³/mol. The molecule has 3 heteroatoms. The van der Waals surface area contributed by atoms with Gasteiger partial charge in [0.1, 0.15) is 5.75 Å². The van der Waals surface area contributed by atoms with E-state index in [4.69, 9.17) is 10.5 Å². The van der Waals surface area contributed by atoms with Crippen LogP contribution in [0.5, 0.6) is 5.75 Å². The lowest BCUT2D eigenvalue weighted by atomic mass is 9.92. The molecular formula is C15H24N2O. The molecule has 3 nitrogen and oxygen atoms in total. The molecular weight excluding hydrogens is 224 g/mol. The summed E-state index contributed by atoms with van der Waals surface area (Å²) in [5, 5.41) is 3.58. The molecule has 18 heavy (non-hydrogen) atoms. The van der Waals surface area contributed by atoms with Crippen LogP contribution >= 0.6 is 0 Å². The van der Waals surface area contributed by atoms with Crippen LogP contribution in [-0.4, -0.2) is 18.7 Å². The van der Waals surface area contributed by atoms with Gasteiger partial charge in [-0.15, -0.1) is 0 Å². The van der Waals surface area contributed by atoms with Gasteiger partial charge in [-0.05, 0) is 44.2 Å². The fourth-order valence-corrected chi connectivity index (χ4v) is 2.39. The van der Waals surface area contributed by atoms with Crippen molar-refractivity contribution in [2.75, 3.05) is 11.9 Å². The van der Waals surface area contributed by atoms with Crippen LogP contribution in [0.3, 0.4) is 0 Å². The van der Waals surface area contributed by atoms with Crippen LogP contribution in [0.15, 0.2) is 24.3 Å². The van der Waals surface area contributed by atoms with Crippen molar-refractivity contribution in [2.45, 2.75) is 51.1 Å². The minimum atomic E-state index is 0.405. The molecule has 100 valence electrons. The lowest BCUT2D eigenvalue weighted by molar-refractivity contribution is 0.317. The zero-order chi connectivity index (χ0) is 12.8. The highest BCUT2D eigenvalue weighted by atomic mass is 16.5. The van der Waals surface area contributed by atoms with Crippen molar-refractivity contribution < 1.29 is 4.74 Å². The van der Waals surface area contributed by atoms with Gasteiger partial charge in [-0.3, -0.25) is 0 Å². The van der Waals surface area contributed by atoms with Crippen molar-refractivity contribution in [1.29, 1.82) is 0 Å². The van der Waals surface area contributed by atoms with Crippen molar-refractivity contribution in [3.05, 3.63) is 24.3 Å². The maximum absolute atomic E-state index is 5.92. The highest BCUT2D eigenvalue weighted by molar-refractivity contribution is 5.48. The average molecular weight is 248 g/mol. The summed E-state index contributed by atoms with van der Waals surface area (Å²) in [5.41, 5.74) is 7.08. The summed E-state index contributed by atoms with van der Waals surface area (Å²) in [7, 11) is 0. The number of hydrogen-bond acceptors (Lipinski definition) is 3. The number of nitrogens with two attached hydrogens (primary N) is 1. The Morgan fingerprint density at radius 3 is 2.78 bits per heavy atom. The fraction of sp³-hybridized carbons (Fsp3) is 0.600. The first-order valence-corrected chi connectivity index (χ1v) is 7.03. The summed E-state index contributed by atoms with van der Waals surface area (Å²) in [6, 6.07) is 9.21. The molecule has 1 fully saturated rings. The highest BCUT2D eigenvalue weighted by Gasteiger charge is 2.18. The minimum absolute atomic E-state index is 0.405. The zero-order valence-corrected chi connectivity index (χ0v) is 11.2. The lowest BCUT2D eigenvalue weighted by Gasteiger charge is -2.27. The Morgan fingerprint density at radius 1 is 1.28 bits per heavy atom. The average Bonchev–Trinajstić information content (AvgIpc) is 2.40. The molecule has 1 aromatic rings. The first-order chi connectivity index (χ1) is 8.78. The molecule has 0 atom stereocenters. The molecule has 0 bridgehead atoms. The van der Waals surface area contributed by atoms with Crippen LogP contribution in [0.2, 0.25) is 0 Å². The Morgan fingerprint density at radius 2 is 2.06 bits per heavy atom. The standard InChI is InChI=1S/C15H24N2O/c1-2-10-18-15-5-3-4-14(11-15)17-13-8-6-12(16)7-9-13/h3-5,11-13,17H,2,6-10,16H2,1H3. The van der Waals surface area contributed by atoms with Gasteiger partial charge in [0.15, 0.2) is 0 Å². The van der Waals surface area contributed by atoms with Crippen molar-refractivity contribution in [3.8, 4) is 5.75 Å². The van der Waals surface area contributed by atoms with Crippen molar-refractivity contribution in [2.24, 2.45) is 5.73 Å². The summed E-state index contributed by atoms with van der Waals surface area (Å²) in [6.07, 6.45) is 5.63. The monoisotopic (exact) mass is 248 g/mol. The molecule has 0 radical (unpaired) electrons. The molecule has 0 unspecified atom stereocenters. The van der Waals surface area contributed by atoms with E-state index in [1.165, 1.54) is 12.8 Å². The summed E-state index contributed by atoms with van der Waals surface area (Å²) in [5.74, 6) is 0.953. The van der Waals surface area contributed by atoms with E-state index in [1.54, 1.807) is 0 Å². The third-order valence-corrected chi connectivity index (χ3v) is 3.45. The summed E-state index contributed by atoms with van der Waals surface area (Å²) >= 11 is 0. The van der Waals surface area contributed by atoms with Gasteiger partial charge in [-0.25, -0.2) is 0 Å². The van der Waals surface area contributed by atoms with E-state index < -0.39 is 0 Å². The smallest absolute Gasteiger partial charge is 0.121 e. The normalized spacial score (nSPS) is 23.7. The molecule has 0 aliphatic heterocycles. The number of ether oxygens (including phenoxy) is 1. The maximum Gasteiger partial charge on any atom is 0.121 e. The van der Waals surface area contributed by atoms with Crippen LogP contribution in [0, 0.1) is 0 Å². The number of hydrogen-bond donors (Lipinski definition) is 2. The molecule has 0 heterocycles. The molecule has 3 N–H and O–H groups in total. The summed E-state index contributed by atoms with van der Waals surface area (Å²) in [6.45, 7) is 2.90. The van der Waals surface area contributed by atoms with Crippen molar-refractivity contribution >= 4 is 5.69 Å². The van der Waals surface area contributed by atoms with Gasteiger partial charge in [0.05, 0.1) is 6.61 Å². The molecule has 1 aliphatic carbocycles. The zero-order valence-electron chi connectivity index (χ0n) is 11.2. The number of benzene rings is 1. The molecule has 0 amide bonds. The second-order valence-electron chi connectivity index (χ2n) is 5.13. The minimum Gasteiger partial charge on any atom is -0.494 e. The third-order valence-electron chi connectivity index (χ3n) is 3.45. The maximum atomic E-state index is 5.92. The first-order valence-electron chi connectivity index (χ1n) is 7.03. The molecule has 1 saturated carbocycles. The Balaban J connectivity index is 1.88. The highest BCUT2D eigenvalue weighted by Crippen LogP contribution is 2.23. The molecule has 0 saturated heterocycles.